The molecule has 6 nitrogen and oxygen atoms in total. The number of halogens is 2. The lowest BCUT2D eigenvalue weighted by atomic mass is 9.79. The number of amides is 1. The molecule has 0 saturated carbocycles. The summed E-state index contributed by atoms with van der Waals surface area (Å²) < 4.78 is 45.2. The summed E-state index contributed by atoms with van der Waals surface area (Å²) in [7, 11) is -0.759. The second kappa shape index (κ2) is 8.40. The number of ether oxygens (including phenoxy) is 1. The third-order valence-corrected chi connectivity index (χ3v) is 5.45. The van der Waals surface area contributed by atoms with Crippen molar-refractivity contribution in [1.82, 2.24) is 0 Å². The van der Waals surface area contributed by atoms with Crippen molar-refractivity contribution in [1.29, 1.82) is 0 Å². The summed E-state index contributed by atoms with van der Waals surface area (Å²) in [5, 5.41) is 2.39. The Kier molecular flexibility index (Phi) is 6.20. The van der Waals surface area contributed by atoms with Crippen LogP contribution < -0.4 is 10.8 Å². The van der Waals surface area contributed by atoms with Crippen molar-refractivity contribution < 1.29 is 32.4 Å². The number of carbonyl (C=O) groups is 2. The van der Waals surface area contributed by atoms with Gasteiger partial charge in [-0.15, -0.1) is 0 Å². The quantitative estimate of drug-likeness (QED) is 0.580. The monoisotopic (exact) mass is 431 g/mol. The fraction of sp³-hybridized carbons (Fsp3) is 0.364. The van der Waals surface area contributed by atoms with Gasteiger partial charge in [0.15, 0.2) is 0 Å². The molecule has 0 bridgehead atoms. The molecule has 0 aliphatic carbocycles. The minimum atomic E-state index is -1.43. The van der Waals surface area contributed by atoms with Crippen LogP contribution in [-0.2, 0) is 23.6 Å². The molecule has 0 spiro atoms. The van der Waals surface area contributed by atoms with Gasteiger partial charge < -0.3 is 19.4 Å². The van der Waals surface area contributed by atoms with Crippen LogP contribution >= 0.6 is 0 Å². The summed E-state index contributed by atoms with van der Waals surface area (Å²) in [5.74, 6) is -2.87. The lowest BCUT2D eigenvalue weighted by Crippen LogP contribution is -2.41. The van der Waals surface area contributed by atoms with Gasteiger partial charge in [0.25, 0.3) is 5.91 Å². The van der Waals surface area contributed by atoms with Crippen molar-refractivity contribution in [2.45, 2.75) is 51.9 Å². The van der Waals surface area contributed by atoms with Crippen molar-refractivity contribution in [3.8, 4) is 0 Å². The number of nitrogens with one attached hydrogen (secondary N) is 1. The molecule has 2 aromatic carbocycles. The summed E-state index contributed by atoms with van der Waals surface area (Å²) in [6.45, 7) is 8.68. The number of benzene rings is 2. The van der Waals surface area contributed by atoms with Crippen molar-refractivity contribution in [2.75, 3.05) is 5.32 Å². The zero-order valence-corrected chi connectivity index (χ0v) is 18.0. The Hall–Kier alpha value is -2.78. The van der Waals surface area contributed by atoms with E-state index in [-0.39, 0.29) is 11.3 Å². The molecule has 1 aliphatic heterocycles. The summed E-state index contributed by atoms with van der Waals surface area (Å²) in [6.07, 6.45) is -1.43. The Morgan fingerprint density at radius 1 is 1.03 bits per heavy atom. The van der Waals surface area contributed by atoms with Gasteiger partial charge in [-0.1, -0.05) is 18.2 Å². The van der Waals surface area contributed by atoms with Gasteiger partial charge >= 0.3 is 13.1 Å². The molecule has 1 amide bonds. The smallest absolute Gasteiger partial charge is 0.447 e. The maximum atomic E-state index is 14.7. The van der Waals surface area contributed by atoms with Gasteiger partial charge in [0.1, 0.15) is 11.6 Å². The lowest BCUT2D eigenvalue weighted by molar-refractivity contribution is -0.152. The minimum Gasteiger partial charge on any atom is -0.447 e. The van der Waals surface area contributed by atoms with E-state index in [2.05, 4.69) is 5.32 Å². The van der Waals surface area contributed by atoms with E-state index in [1.807, 2.05) is 27.7 Å². The van der Waals surface area contributed by atoms with Crippen LogP contribution in [0.4, 0.5) is 14.5 Å². The van der Waals surface area contributed by atoms with Crippen LogP contribution in [0.25, 0.3) is 0 Å². The van der Waals surface area contributed by atoms with Crippen LogP contribution in [-0.4, -0.2) is 30.2 Å². The summed E-state index contributed by atoms with van der Waals surface area (Å²) in [6, 6.07) is 9.24. The van der Waals surface area contributed by atoms with E-state index in [0.29, 0.717) is 5.46 Å². The normalized spacial score (nSPS) is 17.8. The van der Waals surface area contributed by atoms with Gasteiger partial charge in [0.05, 0.1) is 16.9 Å². The van der Waals surface area contributed by atoms with Gasteiger partial charge in [-0.25, -0.2) is 8.78 Å². The Morgan fingerprint density at radius 2 is 1.68 bits per heavy atom. The van der Waals surface area contributed by atoms with Crippen molar-refractivity contribution in [2.24, 2.45) is 0 Å². The Bertz CT molecular complexity index is 995. The van der Waals surface area contributed by atoms with Gasteiger partial charge in [-0.3, -0.25) is 9.59 Å². The van der Waals surface area contributed by atoms with Crippen LogP contribution in [0.15, 0.2) is 42.5 Å². The molecule has 0 aromatic heterocycles. The van der Waals surface area contributed by atoms with Crippen molar-refractivity contribution >= 4 is 30.1 Å². The summed E-state index contributed by atoms with van der Waals surface area (Å²) in [4.78, 5) is 24.1. The van der Waals surface area contributed by atoms with Crippen LogP contribution in [0.3, 0.4) is 0 Å². The van der Waals surface area contributed by atoms with E-state index in [0.717, 1.165) is 13.0 Å². The summed E-state index contributed by atoms with van der Waals surface area (Å²) in [5.41, 5.74) is -0.705. The van der Waals surface area contributed by atoms with E-state index >= 15 is 0 Å². The number of hydrogen-bond acceptors (Lipinski definition) is 5. The maximum absolute atomic E-state index is 14.7. The fourth-order valence-corrected chi connectivity index (χ4v) is 3.07. The first kappa shape index (κ1) is 22.9. The molecule has 1 heterocycles. The zero-order chi connectivity index (χ0) is 23.0. The highest BCUT2D eigenvalue weighted by Gasteiger charge is 2.51. The average Bonchev–Trinajstić information content (AvgIpc) is 2.88. The van der Waals surface area contributed by atoms with Gasteiger partial charge in [0.2, 0.25) is 6.10 Å². The molecule has 1 atom stereocenters. The fourth-order valence-electron chi connectivity index (χ4n) is 3.07. The van der Waals surface area contributed by atoms with Crippen molar-refractivity contribution in [3.05, 3.63) is 59.7 Å². The Morgan fingerprint density at radius 3 is 2.23 bits per heavy atom. The topological polar surface area (TPSA) is 73.9 Å². The molecule has 3 rings (SSSR count). The second-order valence-corrected chi connectivity index (χ2v) is 8.36. The predicted octanol–water partition coefficient (Wildman–Crippen LogP) is 3.51. The van der Waals surface area contributed by atoms with Gasteiger partial charge in [-0.2, -0.15) is 0 Å². The highest BCUT2D eigenvalue weighted by atomic mass is 19.1. The summed E-state index contributed by atoms with van der Waals surface area (Å²) >= 11 is 0. The Labute approximate surface area is 180 Å². The molecule has 1 fully saturated rings. The molecule has 9 heteroatoms. The molecule has 2 aromatic rings. The number of esters is 1. The molecular weight excluding hydrogens is 407 g/mol. The molecule has 1 N–H and O–H groups in total. The first-order chi connectivity index (χ1) is 14.4. The van der Waals surface area contributed by atoms with E-state index in [4.69, 9.17) is 14.0 Å². The first-order valence-corrected chi connectivity index (χ1v) is 9.78. The molecule has 164 valence electrons. The van der Waals surface area contributed by atoms with Crippen LogP contribution in [0.5, 0.6) is 0 Å². The van der Waals surface area contributed by atoms with Crippen LogP contribution in [0.2, 0.25) is 0 Å². The maximum Gasteiger partial charge on any atom is 0.494 e. The highest BCUT2D eigenvalue weighted by molar-refractivity contribution is 6.62. The van der Waals surface area contributed by atoms with Crippen molar-refractivity contribution in [3.63, 3.8) is 0 Å². The van der Waals surface area contributed by atoms with Crippen LogP contribution in [0.1, 0.15) is 46.3 Å². The van der Waals surface area contributed by atoms with E-state index in [1.165, 1.54) is 30.3 Å². The SMILES string of the molecule is CC(=O)OC(C(=O)Nc1ccc(B2OC(C)(C)C(C)(C)O2)cc1F)c1cccc(F)c1. The third-order valence-electron chi connectivity index (χ3n) is 5.45. The number of carbonyl (C=O) groups excluding carboxylic acids is 2. The van der Waals surface area contributed by atoms with Gasteiger partial charge in [0, 0.05) is 12.5 Å². The third kappa shape index (κ3) is 4.94. The molecule has 1 unspecified atom stereocenters. The second-order valence-electron chi connectivity index (χ2n) is 8.36. The standard InChI is InChI=1S/C22H24BF2NO5/c1-13(27)29-19(14-7-6-8-16(24)11-14)20(28)26-18-10-9-15(12-17(18)25)23-30-21(2,3)22(4,5)31-23/h6-12,19H,1-5H3,(H,26,28). The Balaban J connectivity index is 1.80. The van der Waals surface area contributed by atoms with E-state index < -0.39 is 47.9 Å². The van der Waals surface area contributed by atoms with E-state index in [9.17, 15) is 18.4 Å². The molecule has 1 saturated heterocycles. The first-order valence-electron chi connectivity index (χ1n) is 9.78. The molecule has 0 radical (unpaired) electrons. The lowest BCUT2D eigenvalue weighted by Gasteiger charge is -2.32. The zero-order valence-electron chi connectivity index (χ0n) is 18.0. The highest BCUT2D eigenvalue weighted by Crippen LogP contribution is 2.36. The number of anilines is 1. The largest absolute Gasteiger partial charge is 0.494 e. The molecular formula is C22H24BF2NO5. The number of hydrogen-bond donors (Lipinski definition) is 1. The molecule has 31 heavy (non-hydrogen) atoms. The van der Waals surface area contributed by atoms with Gasteiger partial charge in [-0.05, 0) is 57.4 Å². The minimum absolute atomic E-state index is 0.126. The van der Waals surface area contributed by atoms with E-state index in [1.54, 1.807) is 6.07 Å². The average molecular weight is 431 g/mol. The van der Waals surface area contributed by atoms with Crippen LogP contribution in [0, 0.1) is 11.6 Å². The number of rotatable bonds is 5. The predicted molar refractivity (Wildman–Crippen MR) is 112 cm³/mol. The molecule has 1 aliphatic rings.